The topological polar surface area (TPSA) is 137 Å². The monoisotopic (exact) mass is 288 g/mol. The van der Waals surface area contributed by atoms with Crippen molar-refractivity contribution < 1.29 is 34.5 Å². The van der Waals surface area contributed by atoms with E-state index < -0.39 is 30.9 Å². The Morgan fingerprint density at radius 2 is 1.00 bits per heavy atom. The number of hydrogen-bond donors (Lipinski definition) is 0. The fraction of sp³-hybridized carbons (Fsp3) is 0.636. The largest absolute Gasteiger partial charge is 3.00 e. The van der Waals surface area contributed by atoms with E-state index in [1.54, 1.807) is 13.8 Å². The van der Waals surface area contributed by atoms with Crippen LogP contribution in [0, 0.1) is 0 Å². The minimum absolute atomic E-state index is 0. The number of carboxylic acids is 2. The quantitative estimate of drug-likeness (QED) is 0.392. The van der Waals surface area contributed by atoms with Crippen LogP contribution in [0.5, 0.6) is 0 Å². The van der Waals surface area contributed by atoms with Gasteiger partial charge in [0.1, 0.15) is 11.6 Å². The van der Waals surface area contributed by atoms with Crippen molar-refractivity contribution in [2.24, 2.45) is 0 Å². The summed E-state index contributed by atoms with van der Waals surface area (Å²) in [6.07, 6.45) is -1.36. The Hall–Kier alpha value is -1.23. The van der Waals surface area contributed by atoms with Gasteiger partial charge in [-0.25, -0.2) is 0 Å². The van der Waals surface area contributed by atoms with E-state index in [9.17, 15) is 34.5 Å². The Morgan fingerprint density at radius 1 is 0.842 bits per heavy atom. The van der Waals surface area contributed by atoms with Gasteiger partial charge in [-0.05, 0) is 13.8 Å². The van der Waals surface area contributed by atoms with Gasteiger partial charge in [0.25, 0.3) is 0 Å². The molecule has 0 saturated heterocycles. The molecule has 0 aromatic heterocycles. The summed E-state index contributed by atoms with van der Waals surface area (Å²) in [5, 5.41) is 28.5. The van der Waals surface area contributed by atoms with Crippen molar-refractivity contribution in [3.63, 3.8) is 0 Å². The number of hydrogen-bond acceptors (Lipinski definition) is 7. The van der Waals surface area contributed by atoms with Crippen LogP contribution in [0.3, 0.4) is 0 Å². The predicted octanol–water partition coefficient (Wildman–Crippen LogP) is -3.19. The molecule has 0 heterocycles. The van der Waals surface area contributed by atoms with Crippen LogP contribution in [0.4, 0.5) is 0 Å². The van der Waals surface area contributed by atoms with Crippen LogP contribution in [-0.2, 0) is 19.2 Å². The van der Waals surface area contributed by atoms with Crippen LogP contribution in [0.15, 0.2) is 0 Å². The maximum Gasteiger partial charge on any atom is 3.00 e. The summed E-state index contributed by atoms with van der Waals surface area (Å²) in [5.74, 6) is -3.37. The van der Waals surface area contributed by atoms with Gasteiger partial charge in [0.05, 0.1) is 0 Å². The van der Waals surface area contributed by atoms with E-state index in [0.29, 0.717) is 0 Å². The minimum atomic E-state index is -1.31. The molecule has 0 bridgehead atoms. The molecule has 0 N–H and O–H groups in total. The number of carboxylic acid groups (broad SMARTS) is 2. The molecule has 0 radical (unpaired) electrons. The molecule has 19 heavy (non-hydrogen) atoms. The number of carbonyl (C=O) groups is 4. The minimum Gasteiger partial charge on any atom is -0.852 e. The van der Waals surface area contributed by atoms with Crippen molar-refractivity contribution in [3.05, 3.63) is 0 Å². The zero-order valence-corrected chi connectivity index (χ0v) is 12.6. The van der Waals surface area contributed by atoms with Crippen molar-refractivity contribution in [2.45, 2.75) is 46.6 Å². The summed E-state index contributed by atoms with van der Waals surface area (Å²) in [6.45, 7) is 5.63. The van der Waals surface area contributed by atoms with E-state index in [4.69, 9.17) is 0 Å². The van der Waals surface area contributed by atoms with E-state index >= 15 is 0 Å². The maximum absolute atomic E-state index is 9.83. The molecule has 0 rings (SSSR count). The summed E-state index contributed by atoms with van der Waals surface area (Å²) in [7, 11) is 0. The first kappa shape index (κ1) is 26.4. The van der Waals surface area contributed by atoms with Crippen molar-refractivity contribution in [2.75, 3.05) is 0 Å². The van der Waals surface area contributed by atoms with Gasteiger partial charge in [-0.3, -0.25) is 9.59 Å². The first-order valence-electron chi connectivity index (χ1n) is 5.03. The molecule has 0 amide bonds. The molecule has 0 atom stereocenters. The van der Waals surface area contributed by atoms with Gasteiger partial charge in [0.2, 0.25) is 0 Å². The van der Waals surface area contributed by atoms with Gasteiger partial charge in [-0.2, -0.15) is 0 Å². The second-order valence-electron chi connectivity index (χ2n) is 3.55. The van der Waals surface area contributed by atoms with Crippen LogP contribution in [0.25, 0.3) is 0 Å². The normalized spacial score (nSPS) is 7.89. The van der Waals surface area contributed by atoms with Gasteiger partial charge >= 0.3 is 17.4 Å². The van der Waals surface area contributed by atoms with E-state index in [1.807, 2.05) is 0 Å². The van der Waals surface area contributed by atoms with Gasteiger partial charge in [0.15, 0.2) is 0 Å². The molecule has 0 fully saturated rings. The van der Waals surface area contributed by atoms with Gasteiger partial charge in [0, 0.05) is 24.8 Å². The summed E-state index contributed by atoms with van der Waals surface area (Å²) in [5.41, 5.74) is 0. The number of rotatable bonds is 4. The van der Waals surface area contributed by atoms with Gasteiger partial charge < -0.3 is 24.9 Å². The molecule has 0 aliphatic carbocycles. The third kappa shape index (κ3) is 79.8. The molecule has 0 aliphatic rings. The second kappa shape index (κ2) is 16.8. The van der Waals surface area contributed by atoms with Crippen molar-refractivity contribution >= 4 is 40.9 Å². The SMILES string of the molecule is CC(=O)CC(=O)[O-].CC(=O)CC(=O)[O-].CC(C)[O-].[Al+3]. The fourth-order valence-corrected chi connectivity index (χ4v) is 0.407. The van der Waals surface area contributed by atoms with Crippen molar-refractivity contribution in [1.82, 2.24) is 0 Å². The molecule has 0 spiro atoms. The molecular formula is C11H17AlO7. The van der Waals surface area contributed by atoms with Gasteiger partial charge in [-0.15, -0.1) is 6.10 Å². The van der Waals surface area contributed by atoms with Crippen molar-refractivity contribution in [3.8, 4) is 0 Å². The van der Waals surface area contributed by atoms with Crippen molar-refractivity contribution in [1.29, 1.82) is 0 Å². The Bertz CT molecular complexity index is 234. The predicted molar refractivity (Wildman–Crippen MR) is 61.5 cm³/mol. The third-order valence-electron chi connectivity index (χ3n) is 0.787. The van der Waals surface area contributed by atoms with Crippen LogP contribution in [0.2, 0.25) is 0 Å². The number of carbonyl (C=O) groups excluding carboxylic acids is 4. The number of aliphatic carboxylic acids is 2. The van der Waals surface area contributed by atoms with E-state index in [0.717, 1.165) is 0 Å². The van der Waals surface area contributed by atoms with Gasteiger partial charge in [-0.1, -0.05) is 13.8 Å². The molecular weight excluding hydrogens is 271 g/mol. The standard InChI is InChI=1S/2C4H6O3.C3H7O.Al/c2*1-3(5)2-4(6)7;1-3(2)4;/h2*2H2,1H3,(H,6,7);3H,1-2H3;/q;;-1;+3/p-2. The molecule has 0 aromatic carbocycles. The average Bonchev–Trinajstić information content (AvgIpc) is 1.96. The average molecular weight is 288 g/mol. The smallest absolute Gasteiger partial charge is 0.852 e. The Morgan fingerprint density at radius 3 is 1.00 bits per heavy atom. The van der Waals surface area contributed by atoms with Crippen LogP contribution in [-0.4, -0.2) is 47.0 Å². The Balaban J connectivity index is -0.0000000900. The molecule has 0 saturated carbocycles. The molecule has 0 unspecified atom stereocenters. The summed E-state index contributed by atoms with van der Waals surface area (Å²) in [4.78, 5) is 38.6. The Kier molecular flexibility index (Phi) is 23.3. The zero-order valence-electron chi connectivity index (χ0n) is 11.4. The molecule has 0 aromatic rings. The Labute approximate surface area is 122 Å². The summed E-state index contributed by atoms with van der Waals surface area (Å²) < 4.78 is 0. The number of ketones is 2. The maximum atomic E-state index is 9.83. The van der Waals surface area contributed by atoms with Crippen LogP contribution < -0.4 is 15.3 Å². The zero-order chi connectivity index (χ0) is 15.3. The van der Waals surface area contributed by atoms with Crippen LogP contribution >= 0.6 is 0 Å². The van der Waals surface area contributed by atoms with E-state index in [-0.39, 0.29) is 28.9 Å². The fourth-order valence-electron chi connectivity index (χ4n) is 0.407. The second-order valence-corrected chi connectivity index (χ2v) is 3.55. The summed E-state index contributed by atoms with van der Waals surface area (Å²) in [6, 6.07) is 0. The van der Waals surface area contributed by atoms with Crippen LogP contribution in [0.1, 0.15) is 40.5 Å². The number of Topliss-reactive ketones (excluding diaryl/α,β-unsaturated/α-hetero) is 2. The first-order chi connectivity index (χ1) is 7.98. The molecule has 106 valence electrons. The molecule has 7 nitrogen and oxygen atoms in total. The first-order valence-corrected chi connectivity index (χ1v) is 5.03. The molecule has 8 heteroatoms. The summed E-state index contributed by atoms with van der Waals surface area (Å²) >= 11 is 0. The third-order valence-corrected chi connectivity index (χ3v) is 0.787. The van der Waals surface area contributed by atoms with E-state index in [1.165, 1.54) is 13.8 Å². The van der Waals surface area contributed by atoms with E-state index in [2.05, 4.69) is 0 Å². The molecule has 0 aliphatic heterocycles.